The number of H-pyrrole nitrogens is 1. The van der Waals surface area contributed by atoms with Gasteiger partial charge in [0.15, 0.2) is 0 Å². The molecule has 4 aromatic rings. The second kappa shape index (κ2) is 7.98. The van der Waals surface area contributed by atoms with Gasteiger partial charge in [-0.1, -0.05) is 31.4 Å². The minimum Gasteiger partial charge on any atom is -0.324 e. The number of para-hydroxylation sites is 2. The molecule has 0 spiro atoms. The maximum absolute atomic E-state index is 13.2. The van der Waals surface area contributed by atoms with Crippen LogP contribution in [0, 0.1) is 6.92 Å². The number of nitrogens with one attached hydrogen (secondary N) is 1. The summed E-state index contributed by atoms with van der Waals surface area (Å²) in [5.41, 5.74) is 5.88. The first-order chi connectivity index (χ1) is 15.1. The van der Waals surface area contributed by atoms with Crippen LogP contribution in [0.15, 0.2) is 53.8 Å². The number of rotatable bonds is 3. The Kier molecular flexibility index (Phi) is 5.02. The monoisotopic (exact) mass is 414 g/mol. The zero-order valence-electron chi connectivity index (χ0n) is 17.9. The van der Waals surface area contributed by atoms with E-state index < -0.39 is 0 Å². The van der Waals surface area contributed by atoms with Crippen LogP contribution in [0.25, 0.3) is 22.3 Å². The average molecular weight is 415 g/mol. The lowest BCUT2D eigenvalue weighted by atomic mass is 9.95. The summed E-state index contributed by atoms with van der Waals surface area (Å²) in [7, 11) is 1.89. The molecule has 7 nitrogen and oxygen atoms in total. The molecule has 5 rings (SSSR count). The fourth-order valence-corrected chi connectivity index (χ4v) is 4.50. The number of aromatic nitrogens is 5. The second-order valence-electron chi connectivity index (χ2n) is 8.24. The zero-order valence-corrected chi connectivity index (χ0v) is 17.9. The average Bonchev–Trinajstić information content (AvgIpc) is 3.33. The SMILES string of the molecule is Cc1c(-c2cc(C(=O)/N=c3\[nH]c4ccccc4n3C3CCCCC3)ccn2)cnn1C. The van der Waals surface area contributed by atoms with Crippen molar-refractivity contribution < 1.29 is 4.79 Å². The van der Waals surface area contributed by atoms with Gasteiger partial charge in [-0.15, -0.1) is 0 Å². The number of hydrogen-bond acceptors (Lipinski definition) is 3. The molecule has 1 saturated carbocycles. The molecular weight excluding hydrogens is 388 g/mol. The summed E-state index contributed by atoms with van der Waals surface area (Å²) in [6.07, 6.45) is 9.36. The molecule has 0 unspecified atom stereocenters. The van der Waals surface area contributed by atoms with Crippen LogP contribution in [0.5, 0.6) is 0 Å². The highest BCUT2D eigenvalue weighted by Crippen LogP contribution is 2.29. The highest BCUT2D eigenvalue weighted by atomic mass is 16.1. The van der Waals surface area contributed by atoms with Crippen molar-refractivity contribution in [2.45, 2.75) is 45.1 Å². The number of carbonyl (C=O) groups is 1. The normalized spacial score (nSPS) is 15.6. The molecule has 1 aliphatic carbocycles. The van der Waals surface area contributed by atoms with Crippen molar-refractivity contribution in [1.82, 2.24) is 24.3 Å². The van der Waals surface area contributed by atoms with Gasteiger partial charge < -0.3 is 9.55 Å². The molecule has 0 aliphatic heterocycles. The number of pyridine rings is 1. The van der Waals surface area contributed by atoms with Crippen molar-refractivity contribution in [3.05, 3.63) is 65.7 Å². The maximum Gasteiger partial charge on any atom is 0.280 e. The Hall–Kier alpha value is -3.48. The molecule has 3 heterocycles. The van der Waals surface area contributed by atoms with Crippen LogP contribution in [0.3, 0.4) is 0 Å². The minimum absolute atomic E-state index is 0.277. The van der Waals surface area contributed by atoms with E-state index in [1.807, 2.05) is 32.2 Å². The van der Waals surface area contributed by atoms with E-state index in [0.717, 1.165) is 40.8 Å². The van der Waals surface area contributed by atoms with Gasteiger partial charge in [0, 0.05) is 36.1 Å². The zero-order chi connectivity index (χ0) is 21.4. The van der Waals surface area contributed by atoms with Gasteiger partial charge in [-0.05, 0) is 44.0 Å². The van der Waals surface area contributed by atoms with Gasteiger partial charge in [0.25, 0.3) is 5.91 Å². The first-order valence-electron chi connectivity index (χ1n) is 10.8. The van der Waals surface area contributed by atoms with Crippen molar-refractivity contribution in [3.8, 4) is 11.3 Å². The van der Waals surface area contributed by atoms with E-state index in [-0.39, 0.29) is 5.91 Å². The summed E-state index contributed by atoms with van der Waals surface area (Å²) >= 11 is 0. The molecule has 0 saturated heterocycles. The summed E-state index contributed by atoms with van der Waals surface area (Å²) in [4.78, 5) is 25.5. The van der Waals surface area contributed by atoms with Crippen molar-refractivity contribution >= 4 is 16.9 Å². The second-order valence-corrected chi connectivity index (χ2v) is 8.24. The fraction of sp³-hybridized carbons (Fsp3) is 0.333. The van der Waals surface area contributed by atoms with Gasteiger partial charge in [0.2, 0.25) is 5.62 Å². The number of nitrogens with zero attached hydrogens (tertiary/aromatic N) is 5. The van der Waals surface area contributed by atoms with Gasteiger partial charge in [-0.3, -0.25) is 14.5 Å². The lowest BCUT2D eigenvalue weighted by molar-refractivity contribution is 0.0996. The van der Waals surface area contributed by atoms with Gasteiger partial charge in [-0.25, -0.2) is 0 Å². The number of carbonyl (C=O) groups excluding carboxylic acids is 1. The van der Waals surface area contributed by atoms with Crippen LogP contribution in [0.4, 0.5) is 0 Å². The Morgan fingerprint density at radius 2 is 1.97 bits per heavy atom. The molecule has 7 heteroatoms. The Morgan fingerprint density at radius 3 is 2.74 bits per heavy atom. The molecule has 0 radical (unpaired) electrons. The molecule has 1 N–H and O–H groups in total. The van der Waals surface area contributed by atoms with Gasteiger partial charge >= 0.3 is 0 Å². The molecule has 1 aromatic carbocycles. The Labute approximate surface area is 180 Å². The van der Waals surface area contributed by atoms with Gasteiger partial charge in [-0.2, -0.15) is 10.1 Å². The summed E-state index contributed by atoms with van der Waals surface area (Å²) in [6.45, 7) is 1.99. The predicted molar refractivity (Wildman–Crippen MR) is 119 cm³/mol. The topological polar surface area (TPSA) is 80.9 Å². The third-order valence-electron chi connectivity index (χ3n) is 6.30. The lowest BCUT2D eigenvalue weighted by Gasteiger charge is -2.23. The van der Waals surface area contributed by atoms with Crippen LogP contribution in [0.2, 0.25) is 0 Å². The molecule has 1 amide bonds. The third-order valence-corrected chi connectivity index (χ3v) is 6.30. The number of aryl methyl sites for hydroxylation is 1. The van der Waals surface area contributed by atoms with Crippen LogP contribution >= 0.6 is 0 Å². The van der Waals surface area contributed by atoms with Crippen LogP contribution < -0.4 is 5.62 Å². The fourth-order valence-electron chi connectivity index (χ4n) is 4.50. The lowest BCUT2D eigenvalue weighted by Crippen LogP contribution is -2.26. The molecule has 0 bridgehead atoms. The largest absolute Gasteiger partial charge is 0.324 e. The molecule has 1 aliphatic rings. The number of benzene rings is 1. The minimum atomic E-state index is -0.277. The van der Waals surface area contributed by atoms with E-state index in [1.54, 1.807) is 29.2 Å². The first kappa shape index (κ1) is 19.5. The van der Waals surface area contributed by atoms with E-state index in [4.69, 9.17) is 0 Å². The van der Waals surface area contributed by atoms with E-state index in [2.05, 4.69) is 30.7 Å². The molecule has 3 aromatic heterocycles. The molecule has 1 fully saturated rings. The maximum atomic E-state index is 13.2. The van der Waals surface area contributed by atoms with E-state index >= 15 is 0 Å². The van der Waals surface area contributed by atoms with Crippen molar-refractivity contribution in [1.29, 1.82) is 0 Å². The van der Waals surface area contributed by atoms with Gasteiger partial charge in [0.1, 0.15) is 0 Å². The predicted octanol–water partition coefficient (Wildman–Crippen LogP) is 4.32. The Bertz CT molecular complexity index is 1320. The van der Waals surface area contributed by atoms with Crippen LogP contribution in [-0.4, -0.2) is 30.2 Å². The van der Waals surface area contributed by atoms with Crippen LogP contribution in [-0.2, 0) is 7.05 Å². The highest BCUT2D eigenvalue weighted by molar-refractivity contribution is 5.95. The smallest absolute Gasteiger partial charge is 0.280 e. The van der Waals surface area contributed by atoms with E-state index in [0.29, 0.717) is 17.2 Å². The third kappa shape index (κ3) is 3.60. The number of hydrogen-bond donors (Lipinski definition) is 1. The number of imidazole rings is 1. The van der Waals surface area contributed by atoms with Crippen molar-refractivity contribution in [2.75, 3.05) is 0 Å². The number of fused-ring (bicyclic) bond motifs is 1. The first-order valence-corrected chi connectivity index (χ1v) is 10.8. The van der Waals surface area contributed by atoms with Crippen molar-refractivity contribution in [2.24, 2.45) is 12.0 Å². The summed E-state index contributed by atoms with van der Waals surface area (Å²) in [5, 5.41) is 4.28. The summed E-state index contributed by atoms with van der Waals surface area (Å²) in [5.74, 6) is -0.277. The standard InChI is InChI=1S/C24H26N6O/c1-16-19(15-26-29(16)2)21-14-17(12-13-25-21)23(31)28-24-27-20-10-6-7-11-22(20)30(24)18-8-4-3-5-9-18/h6-7,10-15,18H,3-5,8-9H2,1-2H3,(H,27,28,31). The summed E-state index contributed by atoms with van der Waals surface area (Å²) in [6, 6.07) is 12.0. The number of amides is 1. The number of aromatic amines is 1. The molecule has 31 heavy (non-hydrogen) atoms. The Balaban J connectivity index is 1.57. The quantitative estimate of drug-likeness (QED) is 0.542. The molecule has 158 valence electrons. The molecule has 0 atom stereocenters. The van der Waals surface area contributed by atoms with E-state index in [9.17, 15) is 4.79 Å². The van der Waals surface area contributed by atoms with E-state index in [1.165, 1.54) is 19.3 Å². The van der Waals surface area contributed by atoms with Crippen molar-refractivity contribution in [3.63, 3.8) is 0 Å². The van der Waals surface area contributed by atoms with Gasteiger partial charge in [0.05, 0.1) is 22.9 Å². The Morgan fingerprint density at radius 1 is 1.16 bits per heavy atom. The summed E-state index contributed by atoms with van der Waals surface area (Å²) < 4.78 is 4.02. The molecular formula is C24H26N6O. The van der Waals surface area contributed by atoms with Crippen LogP contribution in [0.1, 0.15) is 54.2 Å². The highest BCUT2D eigenvalue weighted by Gasteiger charge is 2.20.